The van der Waals surface area contributed by atoms with Gasteiger partial charge in [-0.05, 0) is 31.4 Å². The molecular formula is C19H21ClF4N2O5. The van der Waals surface area contributed by atoms with Crippen LogP contribution in [0, 0.1) is 5.82 Å². The summed E-state index contributed by atoms with van der Waals surface area (Å²) >= 11 is 5.58. The second kappa shape index (κ2) is 10.0. The summed E-state index contributed by atoms with van der Waals surface area (Å²) in [7, 11) is 0. The minimum Gasteiger partial charge on any atom is -0.484 e. The van der Waals surface area contributed by atoms with Gasteiger partial charge in [-0.2, -0.15) is 0 Å². The summed E-state index contributed by atoms with van der Waals surface area (Å²) in [4.78, 5) is 25.8. The van der Waals surface area contributed by atoms with Crippen LogP contribution in [0.15, 0.2) is 18.2 Å². The smallest absolute Gasteiger partial charge is 0.484 e. The van der Waals surface area contributed by atoms with Crippen LogP contribution in [0.2, 0.25) is 5.02 Å². The third kappa shape index (κ3) is 6.94. The molecule has 31 heavy (non-hydrogen) atoms. The zero-order valence-corrected chi connectivity index (χ0v) is 17.0. The highest BCUT2D eigenvalue weighted by atomic mass is 35.5. The van der Waals surface area contributed by atoms with Crippen LogP contribution in [0.25, 0.3) is 0 Å². The lowest BCUT2D eigenvalue weighted by Crippen LogP contribution is -2.48. The number of ether oxygens (including phenoxy) is 3. The number of nitrogens with zero attached hydrogens (tertiary/aromatic N) is 1. The number of nitrogens with one attached hydrogen (secondary N) is 1. The standard InChI is InChI=1S/C19H21ClF4N2O5/c20-14-3-2-12(7-15(14)21)29-10-17(27)25-11-1-4-16(30-9-11)18(28)26-6-5-13(8-26)31-19(22,23)24/h2-3,7,11,13,16H,1,4-6,8-10H2,(H,25,27)/t11-,13?,16+/m0/s1. The minimum absolute atomic E-state index is 0.0578. The first-order valence-electron chi connectivity index (χ1n) is 9.63. The molecule has 2 amide bonds. The molecule has 0 radical (unpaired) electrons. The summed E-state index contributed by atoms with van der Waals surface area (Å²) in [6, 6.07) is 3.47. The summed E-state index contributed by atoms with van der Waals surface area (Å²) in [5, 5.41) is 2.64. The third-order valence-electron chi connectivity index (χ3n) is 4.93. The Morgan fingerprint density at radius 2 is 2.03 bits per heavy atom. The lowest BCUT2D eigenvalue weighted by molar-refractivity contribution is -0.340. The number of halogens is 5. The molecule has 1 unspecified atom stereocenters. The second-order valence-corrected chi connectivity index (χ2v) is 7.69. The Bertz CT molecular complexity index is 802. The van der Waals surface area contributed by atoms with E-state index < -0.39 is 30.3 Å². The van der Waals surface area contributed by atoms with E-state index in [1.165, 1.54) is 17.0 Å². The molecular weight excluding hydrogens is 448 g/mol. The fraction of sp³-hybridized carbons (Fsp3) is 0.579. The number of amides is 2. The van der Waals surface area contributed by atoms with Crippen molar-refractivity contribution < 1.29 is 41.4 Å². The van der Waals surface area contributed by atoms with E-state index in [2.05, 4.69) is 10.1 Å². The average Bonchev–Trinajstić information content (AvgIpc) is 3.15. The van der Waals surface area contributed by atoms with E-state index in [9.17, 15) is 27.2 Å². The van der Waals surface area contributed by atoms with Crippen LogP contribution >= 0.6 is 11.6 Å². The monoisotopic (exact) mass is 468 g/mol. The van der Waals surface area contributed by atoms with Gasteiger partial charge in [0.15, 0.2) is 6.61 Å². The molecule has 3 rings (SSSR count). The summed E-state index contributed by atoms with van der Waals surface area (Å²) < 4.78 is 65.0. The molecule has 3 atom stereocenters. The number of alkyl halides is 3. The van der Waals surface area contributed by atoms with Crippen molar-refractivity contribution in [2.75, 3.05) is 26.3 Å². The van der Waals surface area contributed by atoms with E-state index in [1.54, 1.807) is 0 Å². The van der Waals surface area contributed by atoms with Gasteiger partial charge < -0.3 is 19.7 Å². The van der Waals surface area contributed by atoms with E-state index in [-0.39, 0.29) is 55.4 Å². The molecule has 7 nitrogen and oxygen atoms in total. The quantitative estimate of drug-likeness (QED) is 0.650. The molecule has 0 aliphatic carbocycles. The predicted octanol–water partition coefficient (Wildman–Crippen LogP) is 2.66. The summed E-state index contributed by atoms with van der Waals surface area (Å²) in [5.74, 6) is -1.34. The van der Waals surface area contributed by atoms with Crippen LogP contribution in [0.4, 0.5) is 17.6 Å². The van der Waals surface area contributed by atoms with Crippen molar-refractivity contribution in [1.29, 1.82) is 0 Å². The molecule has 2 aliphatic heterocycles. The molecule has 1 N–H and O–H groups in total. The highest BCUT2D eigenvalue weighted by Gasteiger charge is 2.39. The van der Waals surface area contributed by atoms with Gasteiger partial charge in [0.2, 0.25) is 0 Å². The molecule has 0 bridgehead atoms. The molecule has 2 fully saturated rings. The second-order valence-electron chi connectivity index (χ2n) is 7.29. The zero-order valence-electron chi connectivity index (χ0n) is 16.3. The molecule has 12 heteroatoms. The first kappa shape index (κ1) is 23.6. The van der Waals surface area contributed by atoms with Crippen LogP contribution in [0.3, 0.4) is 0 Å². The Kier molecular flexibility index (Phi) is 7.60. The van der Waals surface area contributed by atoms with E-state index in [1.807, 2.05) is 0 Å². The zero-order chi connectivity index (χ0) is 22.6. The van der Waals surface area contributed by atoms with Crippen LogP contribution in [0.1, 0.15) is 19.3 Å². The van der Waals surface area contributed by atoms with Gasteiger partial charge in [0, 0.05) is 19.2 Å². The normalized spacial score (nSPS) is 24.2. The topological polar surface area (TPSA) is 77.1 Å². The first-order valence-corrected chi connectivity index (χ1v) is 10.0. The highest BCUT2D eigenvalue weighted by molar-refractivity contribution is 6.30. The Hall–Kier alpha value is -2.11. The SMILES string of the molecule is O=C(COc1ccc(Cl)c(F)c1)N[C@H]1CC[C@H](C(=O)N2CCC(OC(F)(F)F)C2)OC1. The van der Waals surface area contributed by atoms with Gasteiger partial charge in [0.25, 0.3) is 11.8 Å². The Morgan fingerprint density at radius 3 is 2.68 bits per heavy atom. The minimum atomic E-state index is -4.73. The maximum atomic E-state index is 13.4. The maximum Gasteiger partial charge on any atom is 0.522 e. The van der Waals surface area contributed by atoms with Gasteiger partial charge in [-0.25, -0.2) is 4.39 Å². The largest absolute Gasteiger partial charge is 0.522 e. The molecule has 0 spiro atoms. The van der Waals surface area contributed by atoms with E-state index in [0.717, 1.165) is 6.07 Å². The highest BCUT2D eigenvalue weighted by Crippen LogP contribution is 2.25. The number of hydrogen-bond donors (Lipinski definition) is 1. The van der Waals surface area contributed by atoms with Crippen molar-refractivity contribution in [3.05, 3.63) is 29.0 Å². The van der Waals surface area contributed by atoms with E-state index in [0.29, 0.717) is 12.8 Å². The lowest BCUT2D eigenvalue weighted by atomic mass is 10.0. The predicted molar refractivity (Wildman–Crippen MR) is 99.9 cm³/mol. The molecule has 2 heterocycles. The molecule has 2 aliphatic rings. The number of hydrogen-bond acceptors (Lipinski definition) is 5. The summed E-state index contributed by atoms with van der Waals surface area (Å²) in [5.41, 5.74) is 0. The number of benzene rings is 1. The fourth-order valence-corrected chi connectivity index (χ4v) is 3.58. The number of rotatable bonds is 6. The van der Waals surface area contributed by atoms with Crippen molar-refractivity contribution in [2.24, 2.45) is 0 Å². The van der Waals surface area contributed by atoms with Crippen LogP contribution in [-0.4, -0.2) is 67.6 Å². The number of carbonyl (C=O) groups excluding carboxylic acids is 2. The number of carbonyl (C=O) groups is 2. The molecule has 0 aromatic heterocycles. The van der Waals surface area contributed by atoms with Crippen LogP contribution < -0.4 is 10.1 Å². The summed E-state index contributed by atoms with van der Waals surface area (Å²) in [6.07, 6.45) is -5.71. The van der Waals surface area contributed by atoms with Gasteiger partial charge in [-0.3, -0.25) is 14.3 Å². The van der Waals surface area contributed by atoms with Crippen molar-refractivity contribution in [3.63, 3.8) is 0 Å². The van der Waals surface area contributed by atoms with Crippen molar-refractivity contribution in [2.45, 2.75) is 43.9 Å². The van der Waals surface area contributed by atoms with Crippen LogP contribution in [0.5, 0.6) is 5.75 Å². The van der Waals surface area contributed by atoms with Gasteiger partial charge in [0.1, 0.15) is 17.7 Å². The first-order chi connectivity index (χ1) is 14.6. The van der Waals surface area contributed by atoms with Crippen LogP contribution in [-0.2, 0) is 19.1 Å². The van der Waals surface area contributed by atoms with Gasteiger partial charge in [0.05, 0.1) is 23.8 Å². The Labute approximate surface area is 180 Å². The molecule has 2 saturated heterocycles. The number of likely N-dealkylation sites (tertiary alicyclic amines) is 1. The Balaban J connectivity index is 1.37. The maximum absolute atomic E-state index is 13.4. The van der Waals surface area contributed by atoms with Gasteiger partial charge in [-0.15, -0.1) is 13.2 Å². The van der Waals surface area contributed by atoms with Crippen molar-refractivity contribution in [1.82, 2.24) is 10.2 Å². The van der Waals surface area contributed by atoms with Crippen molar-refractivity contribution in [3.8, 4) is 5.75 Å². The fourth-order valence-electron chi connectivity index (χ4n) is 3.46. The van der Waals surface area contributed by atoms with E-state index >= 15 is 0 Å². The molecule has 1 aromatic rings. The molecule has 0 saturated carbocycles. The van der Waals surface area contributed by atoms with Gasteiger partial charge in [-0.1, -0.05) is 11.6 Å². The summed E-state index contributed by atoms with van der Waals surface area (Å²) in [6.45, 7) is -0.231. The lowest BCUT2D eigenvalue weighted by Gasteiger charge is -2.31. The third-order valence-corrected chi connectivity index (χ3v) is 5.24. The van der Waals surface area contributed by atoms with E-state index in [4.69, 9.17) is 21.1 Å². The molecule has 172 valence electrons. The Morgan fingerprint density at radius 1 is 1.26 bits per heavy atom. The van der Waals surface area contributed by atoms with Crippen molar-refractivity contribution >= 4 is 23.4 Å². The van der Waals surface area contributed by atoms with Gasteiger partial charge >= 0.3 is 6.36 Å². The average molecular weight is 469 g/mol. The molecule has 1 aromatic carbocycles.